The SMILES string of the molecule is CCCN(CC)c1c(F)cccc1CNC(C)C. The zero-order valence-corrected chi connectivity index (χ0v) is 12.0. The van der Waals surface area contributed by atoms with Crippen molar-refractivity contribution in [3.8, 4) is 0 Å². The maximum atomic E-state index is 14.1. The minimum Gasteiger partial charge on any atom is -0.369 e. The molecule has 0 amide bonds. The molecule has 0 fully saturated rings. The Hall–Kier alpha value is -1.09. The summed E-state index contributed by atoms with van der Waals surface area (Å²) in [5.74, 6) is -0.117. The molecular weight excluding hydrogens is 227 g/mol. The molecular formula is C15H25FN2. The van der Waals surface area contributed by atoms with Crippen molar-refractivity contribution in [3.63, 3.8) is 0 Å². The van der Waals surface area contributed by atoms with E-state index in [1.165, 1.54) is 0 Å². The number of nitrogens with zero attached hydrogens (tertiary/aromatic N) is 1. The van der Waals surface area contributed by atoms with Gasteiger partial charge in [-0.15, -0.1) is 0 Å². The smallest absolute Gasteiger partial charge is 0.146 e. The van der Waals surface area contributed by atoms with Crippen LogP contribution in [0.25, 0.3) is 0 Å². The molecule has 0 aromatic heterocycles. The highest BCUT2D eigenvalue weighted by molar-refractivity contribution is 5.54. The normalized spacial score (nSPS) is 11.0. The predicted octanol–water partition coefficient (Wildman–Crippen LogP) is 3.56. The van der Waals surface area contributed by atoms with Crippen LogP contribution < -0.4 is 10.2 Å². The summed E-state index contributed by atoms with van der Waals surface area (Å²) in [4.78, 5) is 2.12. The van der Waals surface area contributed by atoms with Gasteiger partial charge in [-0.2, -0.15) is 0 Å². The lowest BCUT2D eigenvalue weighted by Crippen LogP contribution is -2.28. The van der Waals surface area contributed by atoms with Gasteiger partial charge in [0.1, 0.15) is 5.82 Å². The largest absolute Gasteiger partial charge is 0.369 e. The van der Waals surface area contributed by atoms with Crippen LogP contribution >= 0.6 is 0 Å². The van der Waals surface area contributed by atoms with E-state index in [0.29, 0.717) is 12.6 Å². The maximum Gasteiger partial charge on any atom is 0.146 e. The van der Waals surface area contributed by atoms with Crippen LogP contribution in [0.4, 0.5) is 10.1 Å². The van der Waals surface area contributed by atoms with Crippen LogP contribution in [-0.4, -0.2) is 19.1 Å². The molecule has 1 rings (SSSR count). The van der Waals surface area contributed by atoms with Crippen LogP contribution in [0.15, 0.2) is 18.2 Å². The van der Waals surface area contributed by atoms with E-state index in [-0.39, 0.29) is 5.82 Å². The number of hydrogen-bond donors (Lipinski definition) is 1. The summed E-state index contributed by atoms with van der Waals surface area (Å²) in [7, 11) is 0. The van der Waals surface area contributed by atoms with Crippen molar-refractivity contribution in [1.29, 1.82) is 0 Å². The molecule has 1 aromatic rings. The van der Waals surface area contributed by atoms with Gasteiger partial charge < -0.3 is 10.2 Å². The second kappa shape index (κ2) is 7.37. The summed E-state index contributed by atoms with van der Waals surface area (Å²) >= 11 is 0. The van der Waals surface area contributed by atoms with Crippen molar-refractivity contribution in [3.05, 3.63) is 29.6 Å². The highest BCUT2D eigenvalue weighted by Gasteiger charge is 2.14. The molecule has 0 unspecified atom stereocenters. The van der Waals surface area contributed by atoms with Gasteiger partial charge in [-0.1, -0.05) is 32.9 Å². The van der Waals surface area contributed by atoms with Gasteiger partial charge in [-0.25, -0.2) is 4.39 Å². The lowest BCUT2D eigenvalue weighted by atomic mass is 10.1. The first kappa shape index (κ1) is 15.0. The lowest BCUT2D eigenvalue weighted by Gasteiger charge is -2.26. The Morgan fingerprint density at radius 2 is 2.00 bits per heavy atom. The van der Waals surface area contributed by atoms with Gasteiger partial charge in [0.25, 0.3) is 0 Å². The van der Waals surface area contributed by atoms with Crippen LogP contribution in [0.5, 0.6) is 0 Å². The maximum absolute atomic E-state index is 14.1. The first-order valence-electron chi connectivity index (χ1n) is 6.85. The van der Waals surface area contributed by atoms with Gasteiger partial charge in [-0.05, 0) is 25.0 Å². The van der Waals surface area contributed by atoms with E-state index in [4.69, 9.17) is 0 Å². The minimum absolute atomic E-state index is 0.117. The highest BCUT2D eigenvalue weighted by Crippen LogP contribution is 2.24. The number of para-hydroxylation sites is 1. The van der Waals surface area contributed by atoms with Crippen molar-refractivity contribution < 1.29 is 4.39 Å². The Balaban J connectivity index is 2.98. The molecule has 0 aliphatic rings. The quantitative estimate of drug-likeness (QED) is 0.798. The fourth-order valence-electron chi connectivity index (χ4n) is 2.07. The molecule has 0 spiro atoms. The van der Waals surface area contributed by atoms with Crippen molar-refractivity contribution in [2.45, 2.75) is 46.7 Å². The summed E-state index contributed by atoms with van der Waals surface area (Å²) in [5.41, 5.74) is 1.80. The number of hydrogen-bond acceptors (Lipinski definition) is 2. The molecule has 1 aromatic carbocycles. The second-order valence-corrected chi connectivity index (χ2v) is 4.86. The van der Waals surface area contributed by atoms with Crippen molar-refractivity contribution in [1.82, 2.24) is 5.32 Å². The summed E-state index contributed by atoms with van der Waals surface area (Å²) in [6.45, 7) is 10.8. The molecule has 3 heteroatoms. The topological polar surface area (TPSA) is 15.3 Å². The number of nitrogens with one attached hydrogen (secondary N) is 1. The van der Waals surface area contributed by atoms with E-state index < -0.39 is 0 Å². The number of halogens is 1. The van der Waals surface area contributed by atoms with Crippen LogP contribution in [0.2, 0.25) is 0 Å². The van der Waals surface area contributed by atoms with Crippen LogP contribution in [-0.2, 0) is 6.54 Å². The Morgan fingerprint density at radius 1 is 1.28 bits per heavy atom. The fraction of sp³-hybridized carbons (Fsp3) is 0.600. The van der Waals surface area contributed by atoms with Gasteiger partial charge in [0.05, 0.1) is 5.69 Å². The lowest BCUT2D eigenvalue weighted by molar-refractivity contribution is 0.577. The van der Waals surface area contributed by atoms with Crippen LogP contribution in [0.1, 0.15) is 39.7 Å². The molecule has 0 heterocycles. The minimum atomic E-state index is -0.117. The van der Waals surface area contributed by atoms with Gasteiger partial charge in [0.15, 0.2) is 0 Å². The van der Waals surface area contributed by atoms with Crippen molar-refractivity contribution in [2.75, 3.05) is 18.0 Å². The third kappa shape index (κ3) is 3.98. The Morgan fingerprint density at radius 3 is 2.56 bits per heavy atom. The van der Waals surface area contributed by atoms with Crippen LogP contribution in [0.3, 0.4) is 0 Å². The van der Waals surface area contributed by atoms with E-state index in [0.717, 1.165) is 30.8 Å². The van der Waals surface area contributed by atoms with Gasteiger partial charge in [0, 0.05) is 25.7 Å². The predicted molar refractivity (Wildman–Crippen MR) is 76.6 cm³/mol. The average molecular weight is 252 g/mol. The number of anilines is 1. The first-order chi connectivity index (χ1) is 8.60. The molecule has 0 atom stereocenters. The third-order valence-electron chi connectivity index (χ3n) is 2.96. The summed E-state index contributed by atoms with van der Waals surface area (Å²) < 4.78 is 14.1. The van der Waals surface area contributed by atoms with E-state index >= 15 is 0 Å². The first-order valence-corrected chi connectivity index (χ1v) is 6.85. The zero-order chi connectivity index (χ0) is 13.5. The molecule has 0 bridgehead atoms. The molecule has 0 saturated carbocycles. The summed E-state index contributed by atoms with van der Waals surface area (Å²) in [5, 5.41) is 3.36. The molecule has 102 valence electrons. The van der Waals surface area contributed by atoms with Crippen molar-refractivity contribution in [2.24, 2.45) is 0 Å². The van der Waals surface area contributed by atoms with E-state index in [1.807, 2.05) is 6.07 Å². The zero-order valence-electron chi connectivity index (χ0n) is 12.0. The Kier molecular flexibility index (Phi) is 6.13. The van der Waals surface area contributed by atoms with Gasteiger partial charge in [0.2, 0.25) is 0 Å². The Bertz CT molecular complexity index is 364. The van der Waals surface area contributed by atoms with Crippen LogP contribution in [0, 0.1) is 5.82 Å². The molecule has 0 aliphatic carbocycles. The fourth-order valence-corrected chi connectivity index (χ4v) is 2.07. The number of rotatable bonds is 7. The molecule has 0 saturated heterocycles. The van der Waals surface area contributed by atoms with E-state index in [9.17, 15) is 4.39 Å². The number of benzene rings is 1. The van der Waals surface area contributed by atoms with Gasteiger partial charge >= 0.3 is 0 Å². The summed E-state index contributed by atoms with van der Waals surface area (Å²) in [6.07, 6.45) is 1.03. The molecule has 0 aliphatic heterocycles. The molecule has 2 nitrogen and oxygen atoms in total. The standard InChI is InChI=1S/C15H25FN2/c1-5-10-18(6-2)15-13(11-17-12(3)4)8-7-9-14(15)16/h7-9,12,17H,5-6,10-11H2,1-4H3. The van der Waals surface area contributed by atoms with E-state index in [1.54, 1.807) is 12.1 Å². The summed E-state index contributed by atoms with van der Waals surface area (Å²) in [6, 6.07) is 5.75. The Labute approximate surface area is 110 Å². The second-order valence-electron chi connectivity index (χ2n) is 4.86. The molecule has 18 heavy (non-hydrogen) atoms. The average Bonchev–Trinajstić information content (AvgIpc) is 2.34. The third-order valence-corrected chi connectivity index (χ3v) is 2.96. The van der Waals surface area contributed by atoms with Gasteiger partial charge in [-0.3, -0.25) is 0 Å². The van der Waals surface area contributed by atoms with E-state index in [2.05, 4.69) is 37.9 Å². The van der Waals surface area contributed by atoms with Crippen molar-refractivity contribution >= 4 is 5.69 Å². The molecule has 0 radical (unpaired) electrons. The monoisotopic (exact) mass is 252 g/mol. The highest BCUT2D eigenvalue weighted by atomic mass is 19.1. The molecule has 1 N–H and O–H groups in total.